The molecule has 0 nitrogen and oxygen atoms in total. The van der Waals surface area contributed by atoms with Crippen molar-refractivity contribution in [1.82, 2.24) is 0 Å². The Hall–Kier alpha value is -1.18. The van der Waals surface area contributed by atoms with E-state index in [0.29, 0.717) is 12.0 Å². The van der Waals surface area contributed by atoms with Crippen molar-refractivity contribution in [3.63, 3.8) is 0 Å². The van der Waals surface area contributed by atoms with Crippen LogP contribution in [0.25, 0.3) is 6.08 Å². The summed E-state index contributed by atoms with van der Waals surface area (Å²) >= 11 is 0. The van der Waals surface area contributed by atoms with Crippen molar-refractivity contribution in [3.05, 3.63) is 41.0 Å². The van der Waals surface area contributed by atoms with Crippen LogP contribution in [0.2, 0.25) is 0 Å². The summed E-state index contributed by atoms with van der Waals surface area (Å²) in [5.74, 6) is -1.43. The molecule has 0 atom stereocenters. The first-order chi connectivity index (χ1) is 5.79. The zero-order valence-corrected chi connectivity index (χ0v) is 6.48. The minimum atomic E-state index is -0.746. The van der Waals surface area contributed by atoms with Gasteiger partial charge in [0.25, 0.3) is 0 Å². The van der Waals surface area contributed by atoms with Crippen LogP contribution in [0.3, 0.4) is 0 Å². The number of benzene rings is 1. The number of rotatable bonds is 0. The second kappa shape index (κ2) is 2.70. The van der Waals surface area contributed by atoms with Gasteiger partial charge in [-0.1, -0.05) is 18.2 Å². The lowest BCUT2D eigenvalue weighted by atomic mass is 9.97. The van der Waals surface area contributed by atoms with Gasteiger partial charge >= 0.3 is 0 Å². The quantitative estimate of drug-likeness (QED) is 0.555. The number of fused-ring (bicyclic) bond motifs is 1. The van der Waals surface area contributed by atoms with Gasteiger partial charge in [-0.05, 0) is 30.0 Å². The Morgan fingerprint density at radius 3 is 2.83 bits per heavy atom. The number of hydrogen-bond donors (Lipinski definition) is 0. The molecule has 0 aliphatic heterocycles. The summed E-state index contributed by atoms with van der Waals surface area (Å²) in [6.07, 6.45) is 5.21. The Morgan fingerprint density at radius 2 is 2.00 bits per heavy atom. The summed E-state index contributed by atoms with van der Waals surface area (Å²) in [7, 11) is 0. The van der Waals surface area contributed by atoms with Crippen LogP contribution in [0.4, 0.5) is 8.78 Å². The zero-order valence-electron chi connectivity index (χ0n) is 6.48. The average Bonchev–Trinajstić information content (AvgIpc) is 2.12. The van der Waals surface area contributed by atoms with Crippen LogP contribution in [0, 0.1) is 11.6 Å². The summed E-state index contributed by atoms with van der Waals surface area (Å²) in [6, 6.07) is 2.78. The van der Waals surface area contributed by atoms with Gasteiger partial charge in [0, 0.05) is 0 Å². The highest BCUT2D eigenvalue weighted by Crippen LogP contribution is 2.23. The monoisotopic (exact) mass is 166 g/mol. The first-order valence-corrected chi connectivity index (χ1v) is 3.92. The fourth-order valence-electron chi connectivity index (χ4n) is 1.46. The third-order valence-electron chi connectivity index (χ3n) is 2.09. The molecule has 0 N–H and O–H groups in total. The highest BCUT2D eigenvalue weighted by molar-refractivity contribution is 5.56. The minimum Gasteiger partial charge on any atom is -0.204 e. The molecule has 1 aromatic carbocycles. The minimum absolute atomic E-state index is 0.512. The summed E-state index contributed by atoms with van der Waals surface area (Å²) in [5.41, 5.74) is 1.32. The average molecular weight is 166 g/mol. The van der Waals surface area contributed by atoms with Gasteiger partial charge in [0.2, 0.25) is 0 Å². The molecular formula is C10H8F2. The largest absolute Gasteiger partial charge is 0.204 e. The Morgan fingerprint density at radius 1 is 1.17 bits per heavy atom. The first-order valence-electron chi connectivity index (χ1n) is 3.92. The molecular weight excluding hydrogens is 158 g/mol. The lowest BCUT2D eigenvalue weighted by molar-refractivity contribution is 0.498. The Balaban J connectivity index is 2.63. The predicted octanol–water partition coefficient (Wildman–Crippen LogP) is 2.92. The maximum atomic E-state index is 13.1. The van der Waals surface area contributed by atoms with Gasteiger partial charge in [-0.25, -0.2) is 8.78 Å². The molecule has 0 fully saturated rings. The molecule has 0 radical (unpaired) electrons. The molecule has 1 aromatic rings. The molecule has 1 aliphatic carbocycles. The summed E-state index contributed by atoms with van der Waals surface area (Å²) in [4.78, 5) is 0. The van der Waals surface area contributed by atoms with E-state index in [4.69, 9.17) is 0 Å². The molecule has 0 heterocycles. The number of halogens is 2. The topological polar surface area (TPSA) is 0 Å². The van der Waals surface area contributed by atoms with Gasteiger partial charge in [-0.3, -0.25) is 0 Å². The van der Waals surface area contributed by atoms with Crippen molar-refractivity contribution in [2.45, 2.75) is 12.8 Å². The van der Waals surface area contributed by atoms with Crippen LogP contribution in [0.5, 0.6) is 0 Å². The van der Waals surface area contributed by atoms with Crippen molar-refractivity contribution < 1.29 is 8.78 Å². The zero-order chi connectivity index (χ0) is 8.55. The summed E-state index contributed by atoms with van der Waals surface area (Å²) in [6.45, 7) is 0. The molecule has 0 amide bonds. The van der Waals surface area contributed by atoms with E-state index in [1.54, 1.807) is 6.07 Å². The molecule has 62 valence electrons. The standard InChI is InChI=1S/C10H8F2/c11-9-6-5-7-3-1-2-4-8(7)10(9)12/h1,3,5-6H,2,4H2. The van der Waals surface area contributed by atoms with Crippen LogP contribution in [0.15, 0.2) is 18.2 Å². The van der Waals surface area contributed by atoms with E-state index >= 15 is 0 Å². The fraction of sp³-hybridized carbons (Fsp3) is 0.200. The highest BCUT2D eigenvalue weighted by atomic mass is 19.2. The molecule has 1 aliphatic rings. The number of allylic oxidation sites excluding steroid dienone is 1. The lowest BCUT2D eigenvalue weighted by Crippen LogP contribution is -2.00. The van der Waals surface area contributed by atoms with E-state index in [1.807, 2.05) is 12.2 Å². The fourth-order valence-corrected chi connectivity index (χ4v) is 1.46. The van der Waals surface area contributed by atoms with E-state index in [9.17, 15) is 8.78 Å². The lowest BCUT2D eigenvalue weighted by Gasteiger charge is -2.10. The Kier molecular flexibility index (Phi) is 1.68. The van der Waals surface area contributed by atoms with Crippen LogP contribution in [-0.4, -0.2) is 0 Å². The SMILES string of the molecule is Fc1ccc2c(c1F)CCC=C2. The van der Waals surface area contributed by atoms with Crippen molar-refractivity contribution in [3.8, 4) is 0 Å². The third kappa shape index (κ3) is 1.04. The number of hydrogen-bond acceptors (Lipinski definition) is 0. The van der Waals surface area contributed by atoms with Crippen LogP contribution >= 0.6 is 0 Å². The molecule has 0 unspecified atom stereocenters. The molecule has 0 saturated carbocycles. The Bertz CT molecular complexity index is 340. The van der Waals surface area contributed by atoms with Crippen molar-refractivity contribution in [2.75, 3.05) is 0 Å². The van der Waals surface area contributed by atoms with E-state index in [-0.39, 0.29) is 0 Å². The van der Waals surface area contributed by atoms with Crippen molar-refractivity contribution in [2.24, 2.45) is 0 Å². The second-order valence-corrected chi connectivity index (χ2v) is 2.87. The van der Waals surface area contributed by atoms with Gasteiger partial charge < -0.3 is 0 Å². The van der Waals surface area contributed by atoms with E-state index < -0.39 is 11.6 Å². The summed E-state index contributed by atoms with van der Waals surface area (Å²) < 4.78 is 25.8. The van der Waals surface area contributed by atoms with Crippen molar-refractivity contribution >= 4 is 6.08 Å². The highest BCUT2D eigenvalue weighted by Gasteiger charge is 2.12. The van der Waals surface area contributed by atoms with E-state index in [0.717, 1.165) is 12.0 Å². The van der Waals surface area contributed by atoms with Crippen LogP contribution in [-0.2, 0) is 6.42 Å². The predicted molar refractivity (Wildman–Crippen MR) is 43.7 cm³/mol. The van der Waals surface area contributed by atoms with Gasteiger partial charge in [-0.2, -0.15) is 0 Å². The second-order valence-electron chi connectivity index (χ2n) is 2.87. The maximum Gasteiger partial charge on any atom is 0.162 e. The molecule has 0 spiro atoms. The first kappa shape index (κ1) is 7.47. The van der Waals surface area contributed by atoms with E-state index in [2.05, 4.69) is 0 Å². The summed E-state index contributed by atoms with van der Waals surface area (Å²) in [5, 5.41) is 0. The normalized spacial score (nSPS) is 14.5. The Labute approximate surface area is 69.5 Å². The van der Waals surface area contributed by atoms with Crippen LogP contribution < -0.4 is 0 Å². The molecule has 12 heavy (non-hydrogen) atoms. The van der Waals surface area contributed by atoms with Crippen molar-refractivity contribution in [1.29, 1.82) is 0 Å². The van der Waals surface area contributed by atoms with Gasteiger partial charge in [-0.15, -0.1) is 0 Å². The van der Waals surface area contributed by atoms with Crippen LogP contribution in [0.1, 0.15) is 17.5 Å². The maximum absolute atomic E-state index is 13.1. The molecule has 0 bridgehead atoms. The molecule has 0 aromatic heterocycles. The van der Waals surface area contributed by atoms with Gasteiger partial charge in [0.15, 0.2) is 11.6 Å². The molecule has 2 rings (SSSR count). The molecule has 2 heteroatoms. The van der Waals surface area contributed by atoms with Gasteiger partial charge in [0.1, 0.15) is 0 Å². The molecule has 0 saturated heterocycles. The van der Waals surface area contributed by atoms with E-state index in [1.165, 1.54) is 6.07 Å². The van der Waals surface area contributed by atoms with Gasteiger partial charge in [0.05, 0.1) is 0 Å². The smallest absolute Gasteiger partial charge is 0.162 e. The third-order valence-corrected chi connectivity index (χ3v) is 2.09.